The number of aromatic nitrogens is 2. The summed E-state index contributed by atoms with van der Waals surface area (Å²) < 4.78 is 0. The predicted octanol–water partition coefficient (Wildman–Crippen LogP) is 10.0. The minimum atomic E-state index is 1.18. The Hall–Kier alpha value is -5.34. The monoisotopic (exact) mass is 508 g/mol. The van der Waals surface area contributed by atoms with Gasteiger partial charge in [0.2, 0.25) is 0 Å². The molecule has 0 fully saturated rings. The van der Waals surface area contributed by atoms with Crippen LogP contribution in [0.3, 0.4) is 0 Å². The highest BCUT2D eigenvalue weighted by Gasteiger charge is 2.15. The summed E-state index contributed by atoms with van der Waals surface area (Å²) in [5.74, 6) is 0. The lowest BCUT2D eigenvalue weighted by Gasteiger charge is -2.17. The van der Waals surface area contributed by atoms with Crippen molar-refractivity contribution in [1.82, 2.24) is 9.97 Å². The molecule has 2 nitrogen and oxygen atoms in total. The fourth-order valence-electron chi connectivity index (χ4n) is 6.08. The normalized spacial score (nSPS) is 11.5. The third-order valence-corrected chi connectivity index (χ3v) is 8.08. The second-order valence-electron chi connectivity index (χ2n) is 10.3. The van der Waals surface area contributed by atoms with Gasteiger partial charge in [0.1, 0.15) is 0 Å². The summed E-state index contributed by atoms with van der Waals surface area (Å²) in [5, 5.41) is 7.79. The molecule has 0 aliphatic carbocycles. The Morgan fingerprint density at radius 2 is 0.600 bits per heavy atom. The summed E-state index contributed by atoms with van der Waals surface area (Å²) in [7, 11) is 0. The smallest absolute Gasteiger partial charge is 0.0273 e. The summed E-state index contributed by atoms with van der Waals surface area (Å²) in [5.41, 5.74) is 9.72. The number of hydrogen-bond donors (Lipinski definition) is 0. The van der Waals surface area contributed by atoms with Crippen LogP contribution in [-0.4, -0.2) is 9.97 Å². The van der Waals surface area contributed by atoms with Crippen LogP contribution in [0.2, 0.25) is 0 Å². The topological polar surface area (TPSA) is 25.8 Å². The summed E-state index contributed by atoms with van der Waals surface area (Å²) >= 11 is 0. The van der Waals surface area contributed by atoms with Crippen LogP contribution in [0.1, 0.15) is 0 Å². The molecule has 8 rings (SSSR count). The highest BCUT2D eigenvalue weighted by atomic mass is 14.6. The zero-order valence-electron chi connectivity index (χ0n) is 21.8. The Kier molecular flexibility index (Phi) is 5.17. The molecular formula is C38H24N2. The van der Waals surface area contributed by atoms with Gasteiger partial charge in [0.25, 0.3) is 0 Å². The molecule has 0 radical (unpaired) electrons. The van der Waals surface area contributed by atoms with Crippen molar-refractivity contribution < 1.29 is 0 Å². The van der Waals surface area contributed by atoms with Crippen molar-refractivity contribution in [3.63, 3.8) is 0 Å². The molecule has 0 aliphatic heterocycles. The maximum absolute atomic E-state index is 4.15. The quantitative estimate of drug-likeness (QED) is 0.221. The molecule has 40 heavy (non-hydrogen) atoms. The molecule has 0 spiro atoms. The number of rotatable bonds is 4. The molecule has 0 unspecified atom stereocenters. The van der Waals surface area contributed by atoms with E-state index in [-0.39, 0.29) is 0 Å². The van der Waals surface area contributed by atoms with Gasteiger partial charge in [0, 0.05) is 24.8 Å². The van der Waals surface area contributed by atoms with Gasteiger partial charge in [-0.1, -0.05) is 97.1 Å². The molecule has 0 bridgehead atoms. The summed E-state index contributed by atoms with van der Waals surface area (Å²) in [6.07, 6.45) is 7.36. The summed E-state index contributed by atoms with van der Waals surface area (Å²) in [6, 6.07) is 44.2. The Morgan fingerprint density at radius 3 is 1.00 bits per heavy atom. The molecule has 2 aromatic heterocycles. The minimum absolute atomic E-state index is 1.18. The Bertz CT molecular complexity index is 1960. The standard InChI is InChI=1S/C38H24N2/c1-5-29(6-2-25(1)27-17-21-39-22-18-27)33-13-9-31-12-16-36-34(14-10-32-11-15-35(33)37(31)38(32)36)30-7-3-26(4-8-30)28-19-23-40-24-20-28/h1-24H. The molecule has 0 aliphatic rings. The Morgan fingerprint density at radius 1 is 0.275 bits per heavy atom. The van der Waals surface area contributed by atoms with E-state index in [9.17, 15) is 0 Å². The van der Waals surface area contributed by atoms with Crippen molar-refractivity contribution in [2.24, 2.45) is 0 Å². The van der Waals surface area contributed by atoms with Crippen molar-refractivity contribution in [2.75, 3.05) is 0 Å². The van der Waals surface area contributed by atoms with Gasteiger partial charge in [-0.3, -0.25) is 9.97 Å². The molecule has 0 N–H and O–H groups in total. The summed E-state index contributed by atoms with van der Waals surface area (Å²) in [4.78, 5) is 8.30. The van der Waals surface area contributed by atoms with Gasteiger partial charge < -0.3 is 0 Å². The van der Waals surface area contributed by atoms with E-state index in [0.29, 0.717) is 0 Å². The van der Waals surface area contributed by atoms with Crippen LogP contribution in [0, 0.1) is 0 Å². The van der Waals surface area contributed by atoms with Gasteiger partial charge in [-0.05, 0) is 101 Å². The van der Waals surface area contributed by atoms with E-state index in [4.69, 9.17) is 0 Å². The van der Waals surface area contributed by atoms with E-state index in [1.54, 1.807) is 0 Å². The Labute approximate surface area is 232 Å². The van der Waals surface area contributed by atoms with Crippen LogP contribution in [0.4, 0.5) is 0 Å². The van der Waals surface area contributed by atoms with Crippen LogP contribution < -0.4 is 0 Å². The molecule has 0 saturated carbocycles. The van der Waals surface area contributed by atoms with Crippen LogP contribution in [0.5, 0.6) is 0 Å². The first-order valence-electron chi connectivity index (χ1n) is 13.6. The molecule has 0 atom stereocenters. The van der Waals surface area contributed by atoms with Gasteiger partial charge in [0.15, 0.2) is 0 Å². The molecule has 186 valence electrons. The maximum atomic E-state index is 4.15. The lowest BCUT2D eigenvalue weighted by atomic mass is 9.87. The number of nitrogens with zero attached hydrogens (tertiary/aromatic N) is 2. The van der Waals surface area contributed by atoms with Gasteiger partial charge in [0.05, 0.1) is 0 Å². The van der Waals surface area contributed by atoms with E-state index >= 15 is 0 Å². The SMILES string of the molecule is c1cc(-c2ccc(-c3ccc4ccc5c(-c6ccc(-c7ccncc7)cc6)ccc6ccc3c4c65)cc2)ccn1. The van der Waals surface area contributed by atoms with Crippen LogP contribution in [0.25, 0.3) is 76.8 Å². The van der Waals surface area contributed by atoms with E-state index in [0.717, 1.165) is 0 Å². The zero-order valence-corrected chi connectivity index (χ0v) is 21.8. The fraction of sp³-hybridized carbons (Fsp3) is 0. The highest BCUT2D eigenvalue weighted by Crippen LogP contribution is 2.42. The first kappa shape index (κ1) is 22.6. The summed E-state index contributed by atoms with van der Waals surface area (Å²) in [6.45, 7) is 0. The predicted molar refractivity (Wildman–Crippen MR) is 167 cm³/mol. The molecule has 2 heterocycles. The number of pyridine rings is 2. The third-order valence-electron chi connectivity index (χ3n) is 8.08. The van der Waals surface area contributed by atoms with Crippen molar-refractivity contribution in [3.05, 3.63) is 146 Å². The molecule has 2 heteroatoms. The first-order valence-corrected chi connectivity index (χ1v) is 13.6. The average molecular weight is 509 g/mol. The first-order chi connectivity index (χ1) is 19.8. The molecule has 0 saturated heterocycles. The van der Waals surface area contributed by atoms with E-state index in [2.05, 4.69) is 131 Å². The van der Waals surface area contributed by atoms with Gasteiger partial charge in [-0.15, -0.1) is 0 Å². The Balaban J connectivity index is 1.27. The van der Waals surface area contributed by atoms with Crippen LogP contribution in [-0.2, 0) is 0 Å². The van der Waals surface area contributed by atoms with Gasteiger partial charge in [-0.25, -0.2) is 0 Å². The average Bonchev–Trinajstić information content (AvgIpc) is 3.04. The molecule has 0 amide bonds. The van der Waals surface area contributed by atoms with Crippen LogP contribution in [0.15, 0.2) is 146 Å². The molecular weight excluding hydrogens is 484 g/mol. The van der Waals surface area contributed by atoms with Crippen molar-refractivity contribution in [2.45, 2.75) is 0 Å². The van der Waals surface area contributed by atoms with E-state index in [1.807, 2.05) is 24.8 Å². The second kappa shape index (κ2) is 9.14. The molecule has 8 aromatic rings. The van der Waals surface area contributed by atoms with Gasteiger partial charge >= 0.3 is 0 Å². The lowest BCUT2D eigenvalue weighted by Crippen LogP contribution is -1.90. The lowest BCUT2D eigenvalue weighted by molar-refractivity contribution is 1.33. The highest BCUT2D eigenvalue weighted by molar-refractivity contribution is 6.27. The second-order valence-corrected chi connectivity index (χ2v) is 10.3. The molecule has 6 aromatic carbocycles. The largest absolute Gasteiger partial charge is 0.265 e. The third kappa shape index (κ3) is 3.65. The fourth-order valence-corrected chi connectivity index (χ4v) is 6.08. The van der Waals surface area contributed by atoms with Crippen molar-refractivity contribution in [1.29, 1.82) is 0 Å². The van der Waals surface area contributed by atoms with Crippen molar-refractivity contribution in [3.8, 4) is 44.5 Å². The van der Waals surface area contributed by atoms with Crippen molar-refractivity contribution >= 4 is 32.3 Å². The van der Waals surface area contributed by atoms with Crippen LogP contribution >= 0.6 is 0 Å². The number of benzene rings is 6. The maximum Gasteiger partial charge on any atom is 0.0273 e. The zero-order chi connectivity index (χ0) is 26.5. The number of hydrogen-bond acceptors (Lipinski definition) is 2. The van der Waals surface area contributed by atoms with Gasteiger partial charge in [-0.2, -0.15) is 0 Å². The van der Waals surface area contributed by atoms with E-state index < -0.39 is 0 Å². The van der Waals surface area contributed by atoms with E-state index in [1.165, 1.54) is 76.8 Å². The minimum Gasteiger partial charge on any atom is -0.265 e.